The zero-order valence-electron chi connectivity index (χ0n) is 8.96. The van der Waals surface area contributed by atoms with Crippen molar-refractivity contribution >= 4 is 23.2 Å². The van der Waals surface area contributed by atoms with E-state index in [-0.39, 0.29) is 5.28 Å². The third-order valence-corrected chi connectivity index (χ3v) is 2.87. The van der Waals surface area contributed by atoms with Crippen LogP contribution in [0.3, 0.4) is 0 Å². The molecule has 0 amide bonds. The third kappa shape index (κ3) is 2.34. The SMILES string of the molecule is Cc1cc(-c2ccc(Cl)c(C)c2)nc(Cl)n1. The Hall–Kier alpha value is -1.12. The van der Waals surface area contributed by atoms with Crippen molar-refractivity contribution in [3.05, 3.63) is 45.8 Å². The van der Waals surface area contributed by atoms with Crippen LogP contribution < -0.4 is 0 Å². The first-order valence-electron chi connectivity index (χ1n) is 4.84. The second-order valence-corrected chi connectivity index (χ2v) is 4.37. The predicted octanol–water partition coefficient (Wildman–Crippen LogP) is 4.07. The lowest BCUT2D eigenvalue weighted by molar-refractivity contribution is 1.11. The molecule has 0 bridgehead atoms. The summed E-state index contributed by atoms with van der Waals surface area (Å²) < 4.78 is 0. The number of hydrogen-bond donors (Lipinski definition) is 0. The van der Waals surface area contributed by atoms with Gasteiger partial charge in [-0.05, 0) is 49.2 Å². The van der Waals surface area contributed by atoms with E-state index in [1.54, 1.807) is 0 Å². The highest BCUT2D eigenvalue weighted by atomic mass is 35.5. The van der Waals surface area contributed by atoms with Crippen molar-refractivity contribution in [3.63, 3.8) is 0 Å². The molecule has 16 heavy (non-hydrogen) atoms. The Labute approximate surface area is 104 Å². The minimum absolute atomic E-state index is 0.266. The van der Waals surface area contributed by atoms with Crippen LogP contribution in [0.1, 0.15) is 11.3 Å². The lowest BCUT2D eigenvalue weighted by Crippen LogP contribution is -1.91. The van der Waals surface area contributed by atoms with Crippen molar-refractivity contribution in [1.82, 2.24) is 9.97 Å². The average Bonchev–Trinajstić information content (AvgIpc) is 2.20. The van der Waals surface area contributed by atoms with Crippen LogP contribution in [0.15, 0.2) is 24.3 Å². The Morgan fingerprint density at radius 1 is 1.00 bits per heavy atom. The highest BCUT2D eigenvalue weighted by molar-refractivity contribution is 6.31. The first-order chi connectivity index (χ1) is 7.56. The van der Waals surface area contributed by atoms with Crippen LogP contribution in [-0.4, -0.2) is 9.97 Å². The highest BCUT2D eigenvalue weighted by Gasteiger charge is 2.04. The second-order valence-electron chi connectivity index (χ2n) is 3.63. The van der Waals surface area contributed by atoms with E-state index in [1.807, 2.05) is 38.1 Å². The molecule has 1 heterocycles. The van der Waals surface area contributed by atoms with Gasteiger partial charge in [0, 0.05) is 16.3 Å². The van der Waals surface area contributed by atoms with E-state index >= 15 is 0 Å². The predicted molar refractivity (Wildman–Crippen MR) is 67.0 cm³/mol. The van der Waals surface area contributed by atoms with Crippen molar-refractivity contribution < 1.29 is 0 Å². The fourth-order valence-corrected chi connectivity index (χ4v) is 1.83. The van der Waals surface area contributed by atoms with Gasteiger partial charge in [-0.25, -0.2) is 9.97 Å². The van der Waals surface area contributed by atoms with Gasteiger partial charge in [-0.2, -0.15) is 0 Å². The van der Waals surface area contributed by atoms with Crippen LogP contribution >= 0.6 is 23.2 Å². The Kier molecular flexibility index (Phi) is 3.13. The zero-order chi connectivity index (χ0) is 11.7. The summed E-state index contributed by atoms with van der Waals surface area (Å²) in [5, 5.41) is 1.02. The van der Waals surface area contributed by atoms with Gasteiger partial charge in [-0.1, -0.05) is 17.7 Å². The van der Waals surface area contributed by atoms with E-state index in [4.69, 9.17) is 23.2 Å². The molecule has 1 aromatic carbocycles. The van der Waals surface area contributed by atoms with Crippen molar-refractivity contribution in [1.29, 1.82) is 0 Å². The summed E-state index contributed by atoms with van der Waals surface area (Å²) in [4.78, 5) is 8.21. The molecule has 4 heteroatoms. The minimum Gasteiger partial charge on any atom is -0.223 e. The molecular formula is C12H10Cl2N2. The number of halogens is 2. The van der Waals surface area contributed by atoms with E-state index < -0.39 is 0 Å². The summed E-state index contributed by atoms with van der Waals surface area (Å²) in [5.74, 6) is 0. The van der Waals surface area contributed by atoms with Gasteiger partial charge in [0.15, 0.2) is 0 Å². The second kappa shape index (κ2) is 4.40. The quantitative estimate of drug-likeness (QED) is 0.716. The smallest absolute Gasteiger partial charge is 0.223 e. The first-order valence-corrected chi connectivity index (χ1v) is 5.59. The standard InChI is InChI=1S/C12H10Cl2N2/c1-7-5-9(3-4-10(7)13)11-6-8(2)15-12(14)16-11/h3-6H,1-2H3. The van der Waals surface area contributed by atoms with Crippen molar-refractivity contribution in [2.24, 2.45) is 0 Å². The monoisotopic (exact) mass is 252 g/mol. The largest absolute Gasteiger partial charge is 0.223 e. The number of nitrogens with zero attached hydrogens (tertiary/aromatic N) is 2. The van der Waals surface area contributed by atoms with Crippen molar-refractivity contribution in [2.75, 3.05) is 0 Å². The summed E-state index contributed by atoms with van der Waals surface area (Å²) in [5.41, 5.74) is 3.68. The molecule has 82 valence electrons. The normalized spacial score (nSPS) is 10.5. The van der Waals surface area contributed by atoms with Gasteiger partial charge in [0.2, 0.25) is 5.28 Å². The van der Waals surface area contributed by atoms with Crippen LogP contribution in [0.5, 0.6) is 0 Å². The summed E-state index contributed by atoms with van der Waals surface area (Å²) in [6, 6.07) is 7.67. The molecule has 2 rings (SSSR count). The summed E-state index contributed by atoms with van der Waals surface area (Å²) in [6.07, 6.45) is 0. The summed E-state index contributed by atoms with van der Waals surface area (Å²) in [7, 11) is 0. The van der Waals surface area contributed by atoms with E-state index in [2.05, 4.69) is 9.97 Å². The molecule has 0 atom stereocenters. The van der Waals surface area contributed by atoms with Crippen molar-refractivity contribution in [2.45, 2.75) is 13.8 Å². The number of aryl methyl sites for hydroxylation is 2. The number of aromatic nitrogens is 2. The summed E-state index contributed by atoms with van der Waals surface area (Å²) in [6.45, 7) is 3.85. The fourth-order valence-electron chi connectivity index (χ4n) is 1.48. The molecular weight excluding hydrogens is 243 g/mol. The molecule has 0 aliphatic rings. The molecule has 0 aliphatic carbocycles. The highest BCUT2D eigenvalue weighted by Crippen LogP contribution is 2.24. The third-order valence-electron chi connectivity index (χ3n) is 2.28. The zero-order valence-corrected chi connectivity index (χ0v) is 10.5. The van der Waals surface area contributed by atoms with Gasteiger partial charge < -0.3 is 0 Å². The van der Waals surface area contributed by atoms with Crippen LogP contribution in [0.4, 0.5) is 0 Å². The Morgan fingerprint density at radius 2 is 1.75 bits per heavy atom. The molecule has 0 radical (unpaired) electrons. The molecule has 0 N–H and O–H groups in total. The number of hydrogen-bond acceptors (Lipinski definition) is 2. The van der Waals surface area contributed by atoms with Gasteiger partial charge in [0.25, 0.3) is 0 Å². The summed E-state index contributed by atoms with van der Waals surface area (Å²) >= 11 is 11.8. The van der Waals surface area contributed by atoms with Gasteiger partial charge in [-0.15, -0.1) is 0 Å². The fraction of sp³-hybridized carbons (Fsp3) is 0.167. The van der Waals surface area contributed by atoms with E-state index in [0.717, 1.165) is 27.5 Å². The lowest BCUT2D eigenvalue weighted by Gasteiger charge is -2.05. The Morgan fingerprint density at radius 3 is 2.38 bits per heavy atom. The maximum atomic E-state index is 5.97. The number of benzene rings is 1. The first kappa shape index (κ1) is 11.4. The van der Waals surface area contributed by atoms with Crippen molar-refractivity contribution in [3.8, 4) is 11.3 Å². The Balaban J connectivity index is 2.54. The number of rotatable bonds is 1. The molecule has 0 unspecified atom stereocenters. The maximum absolute atomic E-state index is 5.97. The topological polar surface area (TPSA) is 25.8 Å². The van der Waals surface area contributed by atoms with Gasteiger partial charge in [0.1, 0.15) is 0 Å². The van der Waals surface area contributed by atoms with Crippen LogP contribution in [0.25, 0.3) is 11.3 Å². The van der Waals surface area contributed by atoms with E-state index in [1.165, 1.54) is 0 Å². The molecule has 2 aromatic rings. The molecule has 0 spiro atoms. The average molecular weight is 253 g/mol. The molecule has 2 nitrogen and oxygen atoms in total. The minimum atomic E-state index is 0.266. The van der Waals surface area contributed by atoms with Crippen LogP contribution in [0, 0.1) is 13.8 Å². The molecule has 0 aliphatic heterocycles. The molecule has 0 saturated carbocycles. The van der Waals surface area contributed by atoms with Gasteiger partial charge >= 0.3 is 0 Å². The van der Waals surface area contributed by atoms with Gasteiger partial charge in [0.05, 0.1) is 5.69 Å². The van der Waals surface area contributed by atoms with Crippen LogP contribution in [0.2, 0.25) is 10.3 Å². The molecule has 1 aromatic heterocycles. The molecule has 0 fully saturated rings. The van der Waals surface area contributed by atoms with E-state index in [9.17, 15) is 0 Å². The van der Waals surface area contributed by atoms with E-state index in [0.29, 0.717) is 0 Å². The van der Waals surface area contributed by atoms with Crippen LogP contribution in [-0.2, 0) is 0 Å². The lowest BCUT2D eigenvalue weighted by atomic mass is 10.1. The van der Waals surface area contributed by atoms with Gasteiger partial charge in [-0.3, -0.25) is 0 Å². The molecule has 0 saturated heterocycles. The Bertz CT molecular complexity index is 518. The maximum Gasteiger partial charge on any atom is 0.223 e.